The Morgan fingerprint density at radius 3 is 2.48 bits per heavy atom. The first kappa shape index (κ1) is 15.8. The van der Waals surface area contributed by atoms with Crippen molar-refractivity contribution in [3.63, 3.8) is 0 Å². The zero-order valence-electron chi connectivity index (χ0n) is 13.1. The maximum Gasteiger partial charge on any atom is 0.224 e. The van der Waals surface area contributed by atoms with Gasteiger partial charge in [-0.1, -0.05) is 0 Å². The van der Waals surface area contributed by atoms with Crippen molar-refractivity contribution in [1.82, 2.24) is 4.90 Å². The molecule has 1 amide bonds. The van der Waals surface area contributed by atoms with Crippen LogP contribution >= 0.6 is 0 Å². The number of hydrogen-bond donors (Lipinski definition) is 1. The Labute approximate surface area is 136 Å². The van der Waals surface area contributed by atoms with Crippen LogP contribution in [0, 0.1) is 11.3 Å². The van der Waals surface area contributed by atoms with Gasteiger partial charge in [-0.25, -0.2) is 0 Å². The molecule has 0 saturated carbocycles. The minimum Gasteiger partial charge on any atom is -0.385 e. The number of nitrogens with zero attached hydrogens (tertiary/aromatic N) is 2. The molecule has 2 aliphatic rings. The Hall–Kier alpha value is -2.10. The number of carbonyl (C=O) groups is 1. The van der Waals surface area contributed by atoms with E-state index in [1.54, 1.807) is 12.1 Å². The molecule has 1 aromatic carbocycles. The molecule has 2 heterocycles. The molecule has 0 radical (unpaired) electrons. The minimum absolute atomic E-state index is 0.152. The Kier molecular flexibility index (Phi) is 4.79. The molecule has 0 atom stereocenters. The molecular formula is C17H21N3O3. The second-order valence-electron chi connectivity index (χ2n) is 5.85. The van der Waals surface area contributed by atoms with Crippen LogP contribution in [0.2, 0.25) is 0 Å². The summed E-state index contributed by atoms with van der Waals surface area (Å²) >= 11 is 0. The standard InChI is InChI=1S/C17H21N3O3/c18-13-14-1-3-15(4-2-14)19-8-5-16(21)20-9-6-17(7-10-20)22-11-12-23-17/h1-4,19H,5-12H2. The fraction of sp³-hybridized carbons (Fsp3) is 0.529. The molecule has 6 nitrogen and oxygen atoms in total. The van der Waals surface area contributed by atoms with Crippen molar-refractivity contribution in [2.45, 2.75) is 25.0 Å². The van der Waals surface area contributed by atoms with Crippen LogP contribution in [0.1, 0.15) is 24.8 Å². The van der Waals surface area contributed by atoms with E-state index in [-0.39, 0.29) is 5.91 Å². The number of likely N-dealkylation sites (tertiary alicyclic amines) is 1. The highest BCUT2D eigenvalue weighted by Gasteiger charge is 2.40. The van der Waals surface area contributed by atoms with Crippen LogP contribution in [-0.4, -0.2) is 49.4 Å². The van der Waals surface area contributed by atoms with E-state index in [9.17, 15) is 4.79 Å². The summed E-state index contributed by atoms with van der Waals surface area (Å²) in [6, 6.07) is 9.30. The monoisotopic (exact) mass is 315 g/mol. The number of hydrogen-bond acceptors (Lipinski definition) is 5. The molecule has 2 saturated heterocycles. The number of piperidine rings is 1. The summed E-state index contributed by atoms with van der Waals surface area (Å²) in [4.78, 5) is 14.1. The third-order valence-electron chi connectivity index (χ3n) is 4.37. The van der Waals surface area contributed by atoms with Gasteiger partial charge in [-0.05, 0) is 24.3 Å². The molecular weight excluding hydrogens is 294 g/mol. The third kappa shape index (κ3) is 3.81. The predicted molar refractivity (Wildman–Crippen MR) is 84.7 cm³/mol. The lowest BCUT2D eigenvalue weighted by Crippen LogP contribution is -2.47. The van der Waals surface area contributed by atoms with Crippen LogP contribution in [0.4, 0.5) is 5.69 Å². The maximum atomic E-state index is 12.3. The van der Waals surface area contributed by atoms with Gasteiger partial charge < -0.3 is 19.7 Å². The van der Waals surface area contributed by atoms with Crippen molar-refractivity contribution in [1.29, 1.82) is 5.26 Å². The highest BCUT2D eigenvalue weighted by atomic mass is 16.7. The van der Waals surface area contributed by atoms with Gasteiger partial charge >= 0.3 is 0 Å². The number of rotatable bonds is 4. The number of benzene rings is 1. The summed E-state index contributed by atoms with van der Waals surface area (Å²) < 4.78 is 11.3. The number of anilines is 1. The first-order chi connectivity index (χ1) is 11.2. The van der Waals surface area contributed by atoms with Gasteiger partial charge in [0.15, 0.2) is 5.79 Å². The lowest BCUT2D eigenvalue weighted by atomic mass is 10.0. The second kappa shape index (κ2) is 6.99. The van der Waals surface area contributed by atoms with Crippen LogP contribution in [-0.2, 0) is 14.3 Å². The summed E-state index contributed by atoms with van der Waals surface area (Å²) in [6.45, 7) is 3.27. The summed E-state index contributed by atoms with van der Waals surface area (Å²) in [6.07, 6.45) is 1.96. The van der Waals surface area contributed by atoms with Gasteiger partial charge in [0.25, 0.3) is 0 Å². The minimum atomic E-state index is -0.433. The van der Waals surface area contributed by atoms with E-state index in [0.29, 0.717) is 44.8 Å². The second-order valence-corrected chi connectivity index (χ2v) is 5.85. The van der Waals surface area contributed by atoms with Crippen molar-refractivity contribution in [2.75, 3.05) is 38.2 Å². The zero-order chi connectivity index (χ0) is 16.1. The third-order valence-corrected chi connectivity index (χ3v) is 4.37. The van der Waals surface area contributed by atoms with E-state index in [2.05, 4.69) is 11.4 Å². The smallest absolute Gasteiger partial charge is 0.224 e. The largest absolute Gasteiger partial charge is 0.385 e. The average Bonchev–Trinajstić information content (AvgIpc) is 3.04. The lowest BCUT2D eigenvalue weighted by molar-refractivity contribution is -0.187. The molecule has 0 aliphatic carbocycles. The predicted octanol–water partition coefficient (Wildman–Crippen LogP) is 1.73. The van der Waals surface area contributed by atoms with Gasteiger partial charge in [0, 0.05) is 44.6 Å². The topological polar surface area (TPSA) is 74.6 Å². The highest BCUT2D eigenvalue weighted by molar-refractivity contribution is 5.76. The van der Waals surface area contributed by atoms with Crippen molar-refractivity contribution in [3.05, 3.63) is 29.8 Å². The zero-order valence-corrected chi connectivity index (χ0v) is 13.1. The summed E-state index contributed by atoms with van der Waals surface area (Å²) in [5.41, 5.74) is 1.55. The van der Waals surface area contributed by atoms with E-state index in [0.717, 1.165) is 18.5 Å². The van der Waals surface area contributed by atoms with Crippen LogP contribution in [0.3, 0.4) is 0 Å². The van der Waals surface area contributed by atoms with Gasteiger partial charge in [-0.3, -0.25) is 4.79 Å². The Morgan fingerprint density at radius 1 is 1.22 bits per heavy atom. The molecule has 23 heavy (non-hydrogen) atoms. The number of ether oxygens (including phenoxy) is 2. The number of nitrogens with one attached hydrogen (secondary N) is 1. The Bertz CT molecular complexity index is 578. The Balaban J connectivity index is 1.40. The van der Waals surface area contributed by atoms with Crippen molar-refractivity contribution in [3.8, 4) is 6.07 Å². The van der Waals surface area contributed by atoms with Crippen LogP contribution < -0.4 is 5.32 Å². The molecule has 3 rings (SSSR count). The first-order valence-electron chi connectivity index (χ1n) is 8.00. The van der Waals surface area contributed by atoms with Crippen molar-refractivity contribution < 1.29 is 14.3 Å². The van der Waals surface area contributed by atoms with Gasteiger partial charge in [0.05, 0.1) is 24.8 Å². The number of carbonyl (C=O) groups excluding carboxylic acids is 1. The molecule has 0 bridgehead atoms. The first-order valence-corrected chi connectivity index (χ1v) is 8.00. The molecule has 1 spiro atoms. The molecule has 2 aliphatic heterocycles. The van der Waals surface area contributed by atoms with E-state index >= 15 is 0 Å². The maximum absolute atomic E-state index is 12.3. The van der Waals surface area contributed by atoms with Gasteiger partial charge in [-0.2, -0.15) is 5.26 Å². The normalized spacial score (nSPS) is 19.5. The average molecular weight is 315 g/mol. The van der Waals surface area contributed by atoms with E-state index in [1.807, 2.05) is 17.0 Å². The molecule has 1 N–H and O–H groups in total. The molecule has 122 valence electrons. The highest BCUT2D eigenvalue weighted by Crippen LogP contribution is 2.31. The van der Waals surface area contributed by atoms with E-state index < -0.39 is 5.79 Å². The van der Waals surface area contributed by atoms with E-state index in [4.69, 9.17) is 14.7 Å². The van der Waals surface area contributed by atoms with Crippen molar-refractivity contribution >= 4 is 11.6 Å². The van der Waals surface area contributed by atoms with Crippen molar-refractivity contribution in [2.24, 2.45) is 0 Å². The Morgan fingerprint density at radius 2 is 1.87 bits per heavy atom. The van der Waals surface area contributed by atoms with Crippen LogP contribution in [0.5, 0.6) is 0 Å². The summed E-state index contributed by atoms with van der Waals surface area (Å²) in [7, 11) is 0. The molecule has 2 fully saturated rings. The number of amides is 1. The number of nitriles is 1. The molecule has 0 unspecified atom stereocenters. The quantitative estimate of drug-likeness (QED) is 0.916. The fourth-order valence-corrected chi connectivity index (χ4v) is 3.02. The van der Waals surface area contributed by atoms with E-state index in [1.165, 1.54) is 0 Å². The van der Waals surface area contributed by atoms with Gasteiger partial charge in [-0.15, -0.1) is 0 Å². The van der Waals surface area contributed by atoms with Crippen LogP contribution in [0.15, 0.2) is 24.3 Å². The fourth-order valence-electron chi connectivity index (χ4n) is 3.02. The van der Waals surface area contributed by atoms with Crippen LogP contribution in [0.25, 0.3) is 0 Å². The van der Waals surface area contributed by atoms with Gasteiger partial charge in [0.1, 0.15) is 0 Å². The molecule has 6 heteroatoms. The molecule has 1 aromatic rings. The summed E-state index contributed by atoms with van der Waals surface area (Å²) in [5, 5.41) is 12.0. The molecule has 0 aromatic heterocycles. The van der Waals surface area contributed by atoms with Gasteiger partial charge in [0.2, 0.25) is 5.91 Å². The SMILES string of the molecule is N#Cc1ccc(NCCC(=O)N2CCC3(CC2)OCCO3)cc1. The summed E-state index contributed by atoms with van der Waals surface area (Å²) in [5.74, 6) is -0.281. The lowest BCUT2D eigenvalue weighted by Gasteiger charge is -2.37.